The van der Waals surface area contributed by atoms with Crippen molar-refractivity contribution in [1.82, 2.24) is 10.2 Å². The summed E-state index contributed by atoms with van der Waals surface area (Å²) in [4.78, 5) is 16.5. The van der Waals surface area contributed by atoms with Crippen LogP contribution in [0.5, 0.6) is 0 Å². The molecule has 0 bridgehead atoms. The van der Waals surface area contributed by atoms with E-state index in [1.165, 1.54) is 0 Å². The van der Waals surface area contributed by atoms with E-state index in [-0.39, 0.29) is 12.5 Å². The van der Waals surface area contributed by atoms with Crippen LogP contribution in [-0.4, -0.2) is 31.4 Å². The van der Waals surface area contributed by atoms with Crippen molar-refractivity contribution in [2.24, 2.45) is 0 Å². The van der Waals surface area contributed by atoms with Crippen molar-refractivity contribution in [3.63, 3.8) is 0 Å². The number of hydrogen-bond acceptors (Lipinski definition) is 5. The minimum Gasteiger partial charge on any atom is -0.468 e. The monoisotopic (exact) mass is 367 g/mol. The molecule has 2 aromatic heterocycles. The van der Waals surface area contributed by atoms with Crippen molar-refractivity contribution in [1.29, 1.82) is 0 Å². The van der Waals surface area contributed by atoms with Crippen LogP contribution in [-0.2, 0) is 24.4 Å². The van der Waals surface area contributed by atoms with Crippen LogP contribution in [0.4, 0.5) is 5.69 Å². The van der Waals surface area contributed by atoms with E-state index >= 15 is 0 Å². The third kappa shape index (κ3) is 5.76. The molecule has 1 aromatic carbocycles. The molecule has 0 radical (unpaired) electrons. The van der Waals surface area contributed by atoms with Gasteiger partial charge in [-0.15, -0.1) is 0 Å². The zero-order valence-electron chi connectivity index (χ0n) is 15.7. The van der Waals surface area contributed by atoms with Gasteiger partial charge in [0.2, 0.25) is 5.91 Å². The van der Waals surface area contributed by atoms with Crippen molar-refractivity contribution in [2.75, 3.05) is 25.5 Å². The number of benzene rings is 1. The molecule has 0 aliphatic heterocycles. The molecule has 0 fully saturated rings. The molecular formula is C21H25N3O3. The summed E-state index contributed by atoms with van der Waals surface area (Å²) < 4.78 is 10.8. The molecule has 0 atom stereocenters. The van der Waals surface area contributed by atoms with E-state index in [2.05, 4.69) is 5.32 Å². The zero-order chi connectivity index (χ0) is 19.1. The lowest BCUT2D eigenvalue weighted by Gasteiger charge is -2.19. The Morgan fingerprint density at radius 2 is 1.52 bits per heavy atom. The molecule has 0 saturated heterocycles. The second-order valence-electron chi connectivity index (χ2n) is 6.64. The first-order valence-electron chi connectivity index (χ1n) is 8.90. The highest BCUT2D eigenvalue weighted by Gasteiger charge is 2.14. The molecule has 0 aliphatic rings. The van der Waals surface area contributed by atoms with Gasteiger partial charge in [0.15, 0.2) is 0 Å². The highest BCUT2D eigenvalue weighted by atomic mass is 16.3. The first-order valence-corrected chi connectivity index (χ1v) is 8.90. The van der Waals surface area contributed by atoms with Gasteiger partial charge in [0.25, 0.3) is 0 Å². The quantitative estimate of drug-likeness (QED) is 0.629. The first-order chi connectivity index (χ1) is 13.1. The molecule has 2 heterocycles. The number of amides is 1. The third-order valence-corrected chi connectivity index (χ3v) is 4.23. The maximum Gasteiger partial charge on any atom is 0.234 e. The Balaban J connectivity index is 1.54. The largest absolute Gasteiger partial charge is 0.468 e. The average Bonchev–Trinajstić information content (AvgIpc) is 3.34. The maximum atomic E-state index is 12.4. The van der Waals surface area contributed by atoms with Crippen LogP contribution in [0.1, 0.15) is 17.1 Å². The summed E-state index contributed by atoms with van der Waals surface area (Å²) in [7, 11) is 4.01. The van der Waals surface area contributed by atoms with Crippen LogP contribution in [0.2, 0.25) is 0 Å². The van der Waals surface area contributed by atoms with E-state index in [0.29, 0.717) is 19.6 Å². The Bertz CT molecular complexity index is 773. The molecule has 1 amide bonds. The molecule has 0 unspecified atom stereocenters. The fourth-order valence-corrected chi connectivity index (χ4v) is 2.79. The normalized spacial score (nSPS) is 10.9. The number of nitrogens with one attached hydrogen (secondary N) is 1. The number of rotatable bonds is 9. The van der Waals surface area contributed by atoms with Gasteiger partial charge in [0.05, 0.1) is 32.2 Å². The van der Waals surface area contributed by atoms with E-state index in [0.717, 1.165) is 22.8 Å². The summed E-state index contributed by atoms with van der Waals surface area (Å²) in [6, 6.07) is 15.6. The summed E-state index contributed by atoms with van der Waals surface area (Å²) in [5.41, 5.74) is 2.20. The van der Waals surface area contributed by atoms with Gasteiger partial charge in [-0.05, 0) is 42.0 Å². The maximum absolute atomic E-state index is 12.4. The number of carbonyl (C=O) groups excluding carboxylic acids is 1. The summed E-state index contributed by atoms with van der Waals surface area (Å²) in [5, 5.41) is 2.98. The van der Waals surface area contributed by atoms with Gasteiger partial charge in [-0.1, -0.05) is 12.1 Å². The number of nitrogens with zero attached hydrogens (tertiary/aromatic N) is 2. The second kappa shape index (κ2) is 9.09. The predicted octanol–water partition coefficient (Wildman–Crippen LogP) is 3.26. The van der Waals surface area contributed by atoms with Crippen molar-refractivity contribution in [3.05, 3.63) is 78.1 Å². The topological polar surface area (TPSA) is 61.9 Å². The van der Waals surface area contributed by atoms with Crippen molar-refractivity contribution < 1.29 is 13.6 Å². The standard InChI is InChI=1S/C21H25N3O3/c1-23(2)18-9-7-17(8-10-18)13-22-21(25)16-24(14-19-5-3-11-26-19)15-20-6-4-12-27-20/h3-12H,13-16H2,1-2H3,(H,22,25). The zero-order valence-corrected chi connectivity index (χ0v) is 15.7. The SMILES string of the molecule is CN(C)c1ccc(CNC(=O)CN(Cc2ccco2)Cc2ccco2)cc1. The number of anilines is 1. The highest BCUT2D eigenvalue weighted by Crippen LogP contribution is 2.13. The molecule has 0 aliphatic carbocycles. The van der Waals surface area contributed by atoms with Crippen LogP contribution in [0, 0.1) is 0 Å². The number of furan rings is 2. The second-order valence-corrected chi connectivity index (χ2v) is 6.64. The van der Waals surface area contributed by atoms with Crippen LogP contribution in [0.15, 0.2) is 69.9 Å². The van der Waals surface area contributed by atoms with E-state index in [1.807, 2.05) is 72.4 Å². The summed E-state index contributed by atoms with van der Waals surface area (Å²) in [6.45, 7) is 1.84. The Morgan fingerprint density at radius 1 is 0.926 bits per heavy atom. The van der Waals surface area contributed by atoms with Gasteiger partial charge in [0, 0.05) is 26.3 Å². The lowest BCUT2D eigenvalue weighted by atomic mass is 10.2. The minimum absolute atomic E-state index is 0.0372. The van der Waals surface area contributed by atoms with Crippen LogP contribution in [0.3, 0.4) is 0 Å². The molecular weight excluding hydrogens is 342 g/mol. The van der Waals surface area contributed by atoms with Gasteiger partial charge < -0.3 is 19.1 Å². The van der Waals surface area contributed by atoms with Crippen molar-refractivity contribution in [2.45, 2.75) is 19.6 Å². The van der Waals surface area contributed by atoms with E-state index < -0.39 is 0 Å². The minimum atomic E-state index is -0.0372. The highest BCUT2D eigenvalue weighted by molar-refractivity contribution is 5.78. The summed E-state index contributed by atoms with van der Waals surface area (Å²) >= 11 is 0. The van der Waals surface area contributed by atoms with Crippen molar-refractivity contribution in [3.8, 4) is 0 Å². The Hall–Kier alpha value is -2.99. The average molecular weight is 367 g/mol. The van der Waals surface area contributed by atoms with Crippen LogP contribution in [0.25, 0.3) is 0 Å². The van der Waals surface area contributed by atoms with Gasteiger partial charge >= 0.3 is 0 Å². The fraction of sp³-hybridized carbons (Fsp3) is 0.286. The molecule has 1 N–H and O–H groups in total. The predicted molar refractivity (Wildman–Crippen MR) is 104 cm³/mol. The lowest BCUT2D eigenvalue weighted by molar-refractivity contribution is -0.122. The smallest absolute Gasteiger partial charge is 0.234 e. The molecule has 6 nitrogen and oxygen atoms in total. The van der Waals surface area contributed by atoms with Crippen LogP contribution < -0.4 is 10.2 Å². The molecule has 27 heavy (non-hydrogen) atoms. The van der Waals surface area contributed by atoms with Gasteiger partial charge in [-0.2, -0.15) is 0 Å². The van der Waals surface area contributed by atoms with Gasteiger partial charge in [0.1, 0.15) is 11.5 Å². The number of hydrogen-bond donors (Lipinski definition) is 1. The van der Waals surface area contributed by atoms with Gasteiger partial charge in [-0.3, -0.25) is 9.69 Å². The Morgan fingerprint density at radius 3 is 2.00 bits per heavy atom. The molecule has 3 rings (SSSR count). The molecule has 0 spiro atoms. The fourth-order valence-electron chi connectivity index (χ4n) is 2.79. The molecule has 6 heteroatoms. The van der Waals surface area contributed by atoms with Crippen molar-refractivity contribution >= 4 is 11.6 Å². The molecule has 0 saturated carbocycles. The molecule has 3 aromatic rings. The van der Waals surface area contributed by atoms with Gasteiger partial charge in [-0.25, -0.2) is 0 Å². The first kappa shape index (κ1) is 18.8. The summed E-state index contributed by atoms with van der Waals surface area (Å²) in [5.74, 6) is 1.59. The Kier molecular flexibility index (Phi) is 6.33. The third-order valence-electron chi connectivity index (χ3n) is 4.23. The van der Waals surface area contributed by atoms with E-state index in [1.54, 1.807) is 12.5 Å². The number of carbonyl (C=O) groups is 1. The van der Waals surface area contributed by atoms with E-state index in [4.69, 9.17) is 8.83 Å². The Labute approximate surface area is 159 Å². The molecule has 142 valence electrons. The van der Waals surface area contributed by atoms with E-state index in [9.17, 15) is 4.79 Å². The summed E-state index contributed by atoms with van der Waals surface area (Å²) in [6.07, 6.45) is 3.27. The van der Waals surface area contributed by atoms with Crippen LogP contribution >= 0.6 is 0 Å². The lowest BCUT2D eigenvalue weighted by Crippen LogP contribution is -2.36.